The lowest BCUT2D eigenvalue weighted by atomic mass is 9.97. The molecule has 7 nitrogen and oxygen atoms in total. The number of benzene rings is 1. The minimum absolute atomic E-state index is 0.0552. The lowest BCUT2D eigenvalue weighted by molar-refractivity contribution is -0.125. The fourth-order valence-corrected chi connectivity index (χ4v) is 4.63. The summed E-state index contributed by atoms with van der Waals surface area (Å²) in [5.41, 5.74) is 0.753. The standard InChI is InChI=1S/C24H31N3O4/c28-22(25-18-9-5-2-1-3-6-10-18)16-31-24(30)17-12-13-19-20(15-17)26-21-11-7-4-8-14-27(21)23(19)29/h12-13,15,18H,1-11,14,16H2,(H,25,28). The highest BCUT2D eigenvalue weighted by molar-refractivity contribution is 5.95. The van der Waals surface area contributed by atoms with E-state index >= 15 is 0 Å². The van der Waals surface area contributed by atoms with Gasteiger partial charge in [0.05, 0.1) is 16.5 Å². The van der Waals surface area contributed by atoms with Crippen LogP contribution in [-0.4, -0.2) is 34.1 Å². The Morgan fingerprint density at radius 3 is 2.58 bits per heavy atom. The van der Waals surface area contributed by atoms with Crippen molar-refractivity contribution in [1.29, 1.82) is 0 Å². The number of nitrogens with zero attached hydrogens (tertiary/aromatic N) is 2. The lowest BCUT2D eigenvalue weighted by Gasteiger charge is -2.20. The fraction of sp³-hybridized carbons (Fsp3) is 0.583. The number of hydrogen-bond acceptors (Lipinski definition) is 5. The number of rotatable bonds is 4. The third kappa shape index (κ3) is 5.32. The summed E-state index contributed by atoms with van der Waals surface area (Å²) in [7, 11) is 0. The number of ether oxygens (including phenoxy) is 1. The van der Waals surface area contributed by atoms with E-state index in [2.05, 4.69) is 10.3 Å². The van der Waals surface area contributed by atoms with Crippen LogP contribution in [0.5, 0.6) is 0 Å². The molecule has 0 spiro atoms. The fourth-order valence-electron chi connectivity index (χ4n) is 4.63. The highest BCUT2D eigenvalue weighted by Gasteiger charge is 2.18. The molecule has 0 radical (unpaired) electrons. The molecule has 0 atom stereocenters. The van der Waals surface area contributed by atoms with Crippen LogP contribution in [0.15, 0.2) is 23.0 Å². The number of esters is 1. The van der Waals surface area contributed by atoms with Gasteiger partial charge in [0.1, 0.15) is 5.82 Å². The second-order valence-corrected chi connectivity index (χ2v) is 8.71. The largest absolute Gasteiger partial charge is 0.452 e. The van der Waals surface area contributed by atoms with Crippen molar-refractivity contribution in [2.24, 2.45) is 0 Å². The molecule has 0 bridgehead atoms. The maximum atomic E-state index is 12.8. The normalized spacial score (nSPS) is 17.8. The minimum atomic E-state index is -0.577. The van der Waals surface area contributed by atoms with Gasteiger partial charge in [-0.3, -0.25) is 14.2 Å². The van der Waals surface area contributed by atoms with Gasteiger partial charge in [0.25, 0.3) is 11.5 Å². The number of nitrogens with one attached hydrogen (secondary N) is 1. The highest BCUT2D eigenvalue weighted by Crippen LogP contribution is 2.18. The van der Waals surface area contributed by atoms with Gasteiger partial charge in [-0.05, 0) is 43.9 Å². The number of carbonyl (C=O) groups is 2. The maximum Gasteiger partial charge on any atom is 0.338 e. The van der Waals surface area contributed by atoms with Gasteiger partial charge in [-0.25, -0.2) is 9.78 Å². The molecule has 0 unspecified atom stereocenters. The summed E-state index contributed by atoms with van der Waals surface area (Å²) in [6, 6.07) is 4.97. The predicted molar refractivity (Wildman–Crippen MR) is 118 cm³/mol. The van der Waals surface area contributed by atoms with Crippen molar-refractivity contribution in [2.75, 3.05) is 6.61 Å². The summed E-state index contributed by atoms with van der Waals surface area (Å²) in [6.07, 6.45) is 11.7. The Labute approximate surface area is 182 Å². The first-order valence-corrected chi connectivity index (χ1v) is 11.6. The average Bonchev–Trinajstić information content (AvgIpc) is 2.99. The first-order chi connectivity index (χ1) is 15.1. The van der Waals surface area contributed by atoms with Gasteiger partial charge in [-0.1, -0.05) is 38.5 Å². The third-order valence-corrected chi connectivity index (χ3v) is 6.36. The monoisotopic (exact) mass is 425 g/mol. The SMILES string of the molecule is O=C(COC(=O)c1ccc2c(=O)n3c(nc2c1)CCCCC3)NC1CCCCCCC1. The molecule has 1 aliphatic carbocycles. The Hall–Kier alpha value is -2.70. The molecule has 1 aromatic carbocycles. The van der Waals surface area contributed by atoms with E-state index in [1.165, 1.54) is 19.3 Å². The van der Waals surface area contributed by atoms with Crippen LogP contribution in [0.3, 0.4) is 0 Å². The average molecular weight is 426 g/mol. The molecule has 1 aromatic heterocycles. The van der Waals surface area contributed by atoms with E-state index in [1.54, 1.807) is 22.8 Å². The van der Waals surface area contributed by atoms with Crippen molar-refractivity contribution in [3.8, 4) is 0 Å². The zero-order valence-corrected chi connectivity index (χ0v) is 18.0. The van der Waals surface area contributed by atoms with Crippen LogP contribution in [0, 0.1) is 0 Å². The zero-order valence-electron chi connectivity index (χ0n) is 18.0. The van der Waals surface area contributed by atoms with E-state index in [-0.39, 0.29) is 24.1 Å². The number of carbonyl (C=O) groups excluding carboxylic acids is 2. The molecule has 1 aliphatic heterocycles. The van der Waals surface area contributed by atoms with Crippen molar-refractivity contribution in [2.45, 2.75) is 83.2 Å². The Balaban J connectivity index is 1.40. The number of aromatic nitrogens is 2. The molecule has 1 amide bonds. The molecule has 1 N–H and O–H groups in total. The first kappa shape index (κ1) is 21.5. The summed E-state index contributed by atoms with van der Waals surface area (Å²) >= 11 is 0. The molecule has 2 heterocycles. The molecule has 2 aliphatic rings. The molecule has 31 heavy (non-hydrogen) atoms. The summed E-state index contributed by atoms with van der Waals surface area (Å²) in [5.74, 6) is -0.0629. The van der Waals surface area contributed by atoms with E-state index in [4.69, 9.17) is 4.74 Å². The van der Waals surface area contributed by atoms with Crippen LogP contribution < -0.4 is 10.9 Å². The molecule has 7 heteroatoms. The Morgan fingerprint density at radius 1 is 1.03 bits per heavy atom. The number of aryl methyl sites for hydroxylation is 1. The summed E-state index contributed by atoms with van der Waals surface area (Å²) in [5, 5.41) is 3.50. The van der Waals surface area contributed by atoms with Gasteiger partial charge < -0.3 is 10.1 Å². The van der Waals surface area contributed by atoms with Gasteiger partial charge in [-0.15, -0.1) is 0 Å². The van der Waals surface area contributed by atoms with Gasteiger partial charge in [0.2, 0.25) is 0 Å². The van der Waals surface area contributed by atoms with Crippen LogP contribution in [0.25, 0.3) is 10.9 Å². The summed E-state index contributed by atoms with van der Waals surface area (Å²) < 4.78 is 6.99. The Kier molecular flexibility index (Phi) is 6.99. The molecule has 166 valence electrons. The van der Waals surface area contributed by atoms with Crippen molar-refractivity contribution in [3.63, 3.8) is 0 Å². The molecule has 4 rings (SSSR count). The van der Waals surface area contributed by atoms with Crippen molar-refractivity contribution in [3.05, 3.63) is 39.9 Å². The van der Waals surface area contributed by atoms with Gasteiger partial charge in [-0.2, -0.15) is 0 Å². The molecular formula is C24H31N3O4. The van der Waals surface area contributed by atoms with Crippen molar-refractivity contribution in [1.82, 2.24) is 14.9 Å². The van der Waals surface area contributed by atoms with Gasteiger partial charge in [0, 0.05) is 19.0 Å². The van der Waals surface area contributed by atoms with Crippen molar-refractivity contribution >= 4 is 22.8 Å². The van der Waals surface area contributed by atoms with Crippen LogP contribution in [0.4, 0.5) is 0 Å². The zero-order chi connectivity index (χ0) is 21.6. The van der Waals surface area contributed by atoms with Crippen LogP contribution in [0.2, 0.25) is 0 Å². The van der Waals surface area contributed by atoms with E-state index in [9.17, 15) is 14.4 Å². The molecular weight excluding hydrogens is 394 g/mol. The van der Waals surface area contributed by atoms with Crippen molar-refractivity contribution < 1.29 is 14.3 Å². The maximum absolute atomic E-state index is 12.8. The summed E-state index contributed by atoms with van der Waals surface area (Å²) in [6.45, 7) is 0.394. The van der Waals surface area contributed by atoms with Crippen LogP contribution in [-0.2, 0) is 22.5 Å². The highest BCUT2D eigenvalue weighted by atomic mass is 16.5. The third-order valence-electron chi connectivity index (χ3n) is 6.36. The molecule has 0 saturated heterocycles. The number of hydrogen-bond donors (Lipinski definition) is 1. The topological polar surface area (TPSA) is 90.3 Å². The minimum Gasteiger partial charge on any atom is -0.452 e. The first-order valence-electron chi connectivity index (χ1n) is 11.6. The smallest absolute Gasteiger partial charge is 0.338 e. The lowest BCUT2D eigenvalue weighted by Crippen LogP contribution is -2.38. The second-order valence-electron chi connectivity index (χ2n) is 8.71. The van der Waals surface area contributed by atoms with E-state index in [0.29, 0.717) is 23.0 Å². The van der Waals surface area contributed by atoms with Gasteiger partial charge in [0.15, 0.2) is 6.61 Å². The van der Waals surface area contributed by atoms with Crippen LogP contribution >= 0.6 is 0 Å². The Morgan fingerprint density at radius 2 is 1.77 bits per heavy atom. The Bertz CT molecular complexity index is 1010. The van der Waals surface area contributed by atoms with E-state index in [0.717, 1.165) is 57.2 Å². The molecule has 1 saturated carbocycles. The second kappa shape index (κ2) is 10.1. The predicted octanol–water partition coefficient (Wildman–Crippen LogP) is 3.51. The van der Waals surface area contributed by atoms with Crippen LogP contribution in [0.1, 0.15) is 80.4 Å². The van der Waals surface area contributed by atoms with E-state index < -0.39 is 5.97 Å². The molecule has 1 fully saturated rings. The summed E-state index contributed by atoms with van der Waals surface area (Å²) in [4.78, 5) is 42.2. The van der Waals surface area contributed by atoms with Gasteiger partial charge >= 0.3 is 5.97 Å². The van der Waals surface area contributed by atoms with E-state index in [1.807, 2.05) is 0 Å². The molecule has 2 aromatic rings. The quantitative estimate of drug-likeness (QED) is 0.757. The number of fused-ring (bicyclic) bond motifs is 2. The number of amides is 1.